The molecule has 0 aromatic rings. The Hall–Kier alpha value is -0.610. The van der Waals surface area contributed by atoms with Crippen LogP contribution in [0.5, 0.6) is 0 Å². The number of nitrogens with one attached hydrogen (secondary N) is 1. The van der Waals surface area contributed by atoms with Crippen LogP contribution in [0.15, 0.2) is 0 Å². The van der Waals surface area contributed by atoms with Crippen molar-refractivity contribution in [3.8, 4) is 0 Å². The van der Waals surface area contributed by atoms with Crippen LogP contribution in [0.3, 0.4) is 0 Å². The second kappa shape index (κ2) is 5.98. The van der Waals surface area contributed by atoms with Crippen LogP contribution < -0.4 is 11.1 Å². The van der Waals surface area contributed by atoms with E-state index in [4.69, 9.17) is 10.5 Å². The number of rotatable bonds is 6. The SMILES string of the molecule is COCC(N)C(=O)NCCC1CCC1. The Morgan fingerprint density at radius 3 is 2.86 bits per heavy atom. The van der Waals surface area contributed by atoms with Crippen molar-refractivity contribution in [2.45, 2.75) is 31.7 Å². The van der Waals surface area contributed by atoms with Crippen molar-refractivity contribution in [1.82, 2.24) is 5.32 Å². The second-order valence-electron chi connectivity index (χ2n) is 3.94. The van der Waals surface area contributed by atoms with E-state index in [1.54, 1.807) is 7.11 Å². The van der Waals surface area contributed by atoms with Crippen molar-refractivity contribution < 1.29 is 9.53 Å². The summed E-state index contributed by atoms with van der Waals surface area (Å²) in [5, 5.41) is 2.82. The van der Waals surface area contributed by atoms with Gasteiger partial charge in [-0.3, -0.25) is 4.79 Å². The maximum Gasteiger partial charge on any atom is 0.239 e. The first kappa shape index (κ1) is 11.5. The lowest BCUT2D eigenvalue weighted by molar-refractivity contribution is -0.123. The number of nitrogens with two attached hydrogens (primary N) is 1. The van der Waals surface area contributed by atoms with Gasteiger partial charge in [0, 0.05) is 13.7 Å². The summed E-state index contributed by atoms with van der Waals surface area (Å²) >= 11 is 0. The Bertz CT molecular complexity index is 181. The molecule has 1 amide bonds. The van der Waals surface area contributed by atoms with E-state index in [0.717, 1.165) is 18.9 Å². The third-order valence-electron chi connectivity index (χ3n) is 2.76. The van der Waals surface area contributed by atoms with Gasteiger partial charge in [0.2, 0.25) is 5.91 Å². The zero-order valence-corrected chi connectivity index (χ0v) is 8.79. The molecule has 0 heterocycles. The molecule has 1 unspecified atom stereocenters. The molecule has 0 radical (unpaired) electrons. The van der Waals surface area contributed by atoms with Crippen LogP contribution in [0.2, 0.25) is 0 Å². The number of hydrogen-bond acceptors (Lipinski definition) is 3. The lowest BCUT2D eigenvalue weighted by Gasteiger charge is -2.25. The zero-order chi connectivity index (χ0) is 10.4. The van der Waals surface area contributed by atoms with Crippen LogP contribution in [0.4, 0.5) is 0 Å². The number of amides is 1. The molecule has 1 rings (SSSR count). The molecule has 4 nitrogen and oxygen atoms in total. The van der Waals surface area contributed by atoms with E-state index in [-0.39, 0.29) is 12.5 Å². The Kier molecular flexibility index (Phi) is 4.90. The molecule has 0 bridgehead atoms. The fourth-order valence-corrected chi connectivity index (χ4v) is 1.57. The highest BCUT2D eigenvalue weighted by molar-refractivity contribution is 5.81. The minimum absolute atomic E-state index is 0.105. The molecule has 0 spiro atoms. The molecule has 0 aromatic carbocycles. The Balaban J connectivity index is 2.01. The quantitative estimate of drug-likeness (QED) is 0.646. The third kappa shape index (κ3) is 3.64. The summed E-state index contributed by atoms with van der Waals surface area (Å²) in [6.07, 6.45) is 5.08. The number of carbonyl (C=O) groups is 1. The first-order valence-electron chi connectivity index (χ1n) is 5.26. The maximum atomic E-state index is 11.3. The van der Waals surface area contributed by atoms with Gasteiger partial charge in [-0.05, 0) is 12.3 Å². The molecular weight excluding hydrogens is 180 g/mol. The van der Waals surface area contributed by atoms with Crippen molar-refractivity contribution >= 4 is 5.91 Å². The van der Waals surface area contributed by atoms with Gasteiger partial charge in [-0.2, -0.15) is 0 Å². The number of methoxy groups -OCH3 is 1. The monoisotopic (exact) mass is 200 g/mol. The van der Waals surface area contributed by atoms with Gasteiger partial charge in [0.25, 0.3) is 0 Å². The molecule has 0 aliphatic heterocycles. The number of ether oxygens (including phenoxy) is 1. The van der Waals surface area contributed by atoms with Crippen molar-refractivity contribution in [1.29, 1.82) is 0 Å². The van der Waals surface area contributed by atoms with Crippen molar-refractivity contribution in [2.24, 2.45) is 11.7 Å². The van der Waals surface area contributed by atoms with Crippen LogP contribution in [0.25, 0.3) is 0 Å². The van der Waals surface area contributed by atoms with E-state index in [9.17, 15) is 4.79 Å². The maximum absolute atomic E-state index is 11.3. The molecule has 1 aliphatic carbocycles. The lowest BCUT2D eigenvalue weighted by Crippen LogP contribution is -2.44. The van der Waals surface area contributed by atoms with E-state index in [1.807, 2.05) is 0 Å². The first-order valence-corrected chi connectivity index (χ1v) is 5.26. The van der Waals surface area contributed by atoms with Crippen LogP contribution in [-0.2, 0) is 9.53 Å². The van der Waals surface area contributed by atoms with Gasteiger partial charge < -0.3 is 15.8 Å². The predicted molar refractivity (Wildman–Crippen MR) is 54.8 cm³/mol. The normalized spacial score (nSPS) is 18.7. The van der Waals surface area contributed by atoms with E-state index in [0.29, 0.717) is 0 Å². The summed E-state index contributed by atoms with van der Waals surface area (Å²) in [6.45, 7) is 1.04. The molecule has 1 atom stereocenters. The highest BCUT2D eigenvalue weighted by Gasteiger charge is 2.18. The largest absolute Gasteiger partial charge is 0.383 e. The van der Waals surface area contributed by atoms with E-state index >= 15 is 0 Å². The number of carbonyl (C=O) groups excluding carboxylic acids is 1. The van der Waals surface area contributed by atoms with E-state index < -0.39 is 6.04 Å². The number of hydrogen-bond donors (Lipinski definition) is 2. The summed E-state index contributed by atoms with van der Waals surface area (Å²) in [5.74, 6) is 0.722. The van der Waals surface area contributed by atoms with Gasteiger partial charge in [0.05, 0.1) is 6.61 Å². The average Bonchev–Trinajstić information content (AvgIpc) is 2.09. The molecule has 1 aliphatic rings. The zero-order valence-electron chi connectivity index (χ0n) is 8.79. The molecule has 0 aromatic heterocycles. The van der Waals surface area contributed by atoms with Crippen LogP contribution in [0, 0.1) is 5.92 Å². The smallest absolute Gasteiger partial charge is 0.239 e. The molecule has 4 heteroatoms. The van der Waals surface area contributed by atoms with Crippen molar-refractivity contribution in [3.05, 3.63) is 0 Å². The molecule has 1 fully saturated rings. The Labute approximate surface area is 85.2 Å². The minimum Gasteiger partial charge on any atom is -0.383 e. The summed E-state index contributed by atoms with van der Waals surface area (Å²) in [5.41, 5.74) is 5.55. The summed E-state index contributed by atoms with van der Waals surface area (Å²) in [4.78, 5) is 11.3. The summed E-state index contributed by atoms with van der Waals surface area (Å²) in [6, 6.07) is -0.526. The Morgan fingerprint density at radius 2 is 2.36 bits per heavy atom. The summed E-state index contributed by atoms with van der Waals surface area (Å²) < 4.78 is 4.80. The minimum atomic E-state index is -0.526. The molecule has 1 saturated carbocycles. The highest BCUT2D eigenvalue weighted by atomic mass is 16.5. The van der Waals surface area contributed by atoms with Gasteiger partial charge in [-0.1, -0.05) is 19.3 Å². The molecule has 0 saturated heterocycles. The van der Waals surface area contributed by atoms with Gasteiger partial charge in [0.15, 0.2) is 0 Å². The van der Waals surface area contributed by atoms with Crippen molar-refractivity contribution in [2.75, 3.05) is 20.3 Å². The molecule has 3 N–H and O–H groups in total. The summed E-state index contributed by atoms with van der Waals surface area (Å²) in [7, 11) is 1.54. The average molecular weight is 200 g/mol. The van der Waals surface area contributed by atoms with Crippen LogP contribution >= 0.6 is 0 Å². The Morgan fingerprint density at radius 1 is 1.64 bits per heavy atom. The fraction of sp³-hybridized carbons (Fsp3) is 0.900. The fourth-order valence-electron chi connectivity index (χ4n) is 1.57. The highest BCUT2D eigenvalue weighted by Crippen LogP contribution is 2.28. The van der Waals surface area contributed by atoms with E-state index in [2.05, 4.69) is 5.32 Å². The molecule has 82 valence electrons. The molecular formula is C10H20N2O2. The topological polar surface area (TPSA) is 64.3 Å². The second-order valence-corrected chi connectivity index (χ2v) is 3.94. The van der Waals surface area contributed by atoms with Gasteiger partial charge in [-0.15, -0.1) is 0 Å². The van der Waals surface area contributed by atoms with Gasteiger partial charge >= 0.3 is 0 Å². The van der Waals surface area contributed by atoms with E-state index in [1.165, 1.54) is 19.3 Å². The van der Waals surface area contributed by atoms with Crippen LogP contribution in [-0.4, -0.2) is 32.2 Å². The van der Waals surface area contributed by atoms with Crippen LogP contribution in [0.1, 0.15) is 25.7 Å². The lowest BCUT2D eigenvalue weighted by atomic mass is 9.83. The predicted octanol–water partition coefficient (Wildman–Crippen LogP) is 0.267. The molecule has 14 heavy (non-hydrogen) atoms. The van der Waals surface area contributed by atoms with Gasteiger partial charge in [-0.25, -0.2) is 0 Å². The standard InChI is InChI=1S/C10H20N2O2/c1-14-7-9(11)10(13)12-6-5-8-3-2-4-8/h8-9H,2-7,11H2,1H3,(H,12,13). The first-order chi connectivity index (χ1) is 6.74. The third-order valence-corrected chi connectivity index (χ3v) is 2.76. The van der Waals surface area contributed by atoms with Gasteiger partial charge in [0.1, 0.15) is 6.04 Å². The van der Waals surface area contributed by atoms with Crippen molar-refractivity contribution in [3.63, 3.8) is 0 Å².